The zero-order valence-corrected chi connectivity index (χ0v) is 17.9. The molecule has 2 amide bonds. The van der Waals surface area contributed by atoms with E-state index < -0.39 is 0 Å². The molecule has 31 heavy (non-hydrogen) atoms. The number of allylic oxidation sites excluding steroid dienone is 1. The standard InChI is InChI=1S/C25H29N3O3/c1-31-22-8-4-6-19(16-22)18-28-13-3-2-9-23(25(28)30)20-10-14-27(15-11-20)24(29)21-7-5-12-26-17-21/h2-8,12,16-17,20,23H,9-11,13-15,18H2,1H3. The number of hydrogen-bond donors (Lipinski definition) is 0. The molecule has 0 aliphatic carbocycles. The van der Waals surface area contributed by atoms with Gasteiger partial charge in [0.15, 0.2) is 0 Å². The summed E-state index contributed by atoms with van der Waals surface area (Å²) in [5.41, 5.74) is 1.69. The molecule has 0 bridgehead atoms. The van der Waals surface area contributed by atoms with Crippen LogP contribution in [0.15, 0.2) is 60.9 Å². The second kappa shape index (κ2) is 9.77. The summed E-state index contributed by atoms with van der Waals surface area (Å²) in [6.07, 6.45) is 10.00. The van der Waals surface area contributed by atoms with E-state index in [0.717, 1.165) is 30.6 Å². The van der Waals surface area contributed by atoms with Crippen LogP contribution in [-0.4, -0.2) is 53.3 Å². The van der Waals surface area contributed by atoms with Crippen molar-refractivity contribution in [1.82, 2.24) is 14.8 Å². The molecular weight excluding hydrogens is 390 g/mol. The van der Waals surface area contributed by atoms with E-state index in [2.05, 4.69) is 17.1 Å². The van der Waals surface area contributed by atoms with E-state index in [0.29, 0.717) is 37.7 Å². The number of benzene rings is 1. The molecule has 162 valence electrons. The van der Waals surface area contributed by atoms with Gasteiger partial charge in [0, 0.05) is 44.5 Å². The molecule has 0 N–H and O–H groups in total. The van der Waals surface area contributed by atoms with Crippen LogP contribution in [0, 0.1) is 11.8 Å². The Morgan fingerprint density at radius 3 is 2.74 bits per heavy atom. The van der Waals surface area contributed by atoms with Crippen LogP contribution in [0.1, 0.15) is 35.2 Å². The summed E-state index contributed by atoms with van der Waals surface area (Å²) in [5.74, 6) is 1.31. The van der Waals surface area contributed by atoms with Gasteiger partial charge in [-0.1, -0.05) is 24.3 Å². The predicted octanol–water partition coefficient (Wildman–Crippen LogP) is 3.55. The molecule has 0 radical (unpaired) electrons. The summed E-state index contributed by atoms with van der Waals surface area (Å²) >= 11 is 0. The van der Waals surface area contributed by atoms with Crippen LogP contribution in [0.3, 0.4) is 0 Å². The lowest BCUT2D eigenvalue weighted by molar-refractivity contribution is -0.137. The highest BCUT2D eigenvalue weighted by molar-refractivity contribution is 5.94. The minimum atomic E-state index is -0.0278. The number of aromatic nitrogens is 1. The van der Waals surface area contributed by atoms with Gasteiger partial charge in [0.2, 0.25) is 5.91 Å². The molecule has 1 saturated heterocycles. The minimum absolute atomic E-state index is 0.0262. The first-order chi connectivity index (χ1) is 15.2. The maximum absolute atomic E-state index is 13.4. The predicted molar refractivity (Wildman–Crippen MR) is 119 cm³/mol. The molecule has 2 aromatic rings. The van der Waals surface area contributed by atoms with Crippen molar-refractivity contribution in [3.8, 4) is 5.75 Å². The lowest BCUT2D eigenvalue weighted by atomic mass is 9.81. The molecule has 4 rings (SSSR count). The van der Waals surface area contributed by atoms with Crippen molar-refractivity contribution >= 4 is 11.8 Å². The van der Waals surface area contributed by atoms with Gasteiger partial charge in [0.05, 0.1) is 12.7 Å². The van der Waals surface area contributed by atoms with E-state index >= 15 is 0 Å². The number of nitrogens with zero attached hydrogens (tertiary/aromatic N) is 3. The van der Waals surface area contributed by atoms with E-state index in [1.807, 2.05) is 34.1 Å². The number of hydrogen-bond acceptors (Lipinski definition) is 4. The molecule has 1 fully saturated rings. The van der Waals surface area contributed by atoms with Gasteiger partial charge in [0.1, 0.15) is 5.75 Å². The van der Waals surface area contributed by atoms with Crippen molar-refractivity contribution in [3.63, 3.8) is 0 Å². The third-order valence-corrected chi connectivity index (χ3v) is 6.32. The molecule has 2 aliphatic rings. The second-order valence-corrected chi connectivity index (χ2v) is 8.26. The molecule has 0 spiro atoms. The summed E-state index contributed by atoms with van der Waals surface area (Å²) in [7, 11) is 1.65. The van der Waals surface area contributed by atoms with Crippen molar-refractivity contribution in [2.75, 3.05) is 26.7 Å². The first-order valence-electron chi connectivity index (χ1n) is 10.9. The van der Waals surface area contributed by atoms with Crippen molar-refractivity contribution < 1.29 is 14.3 Å². The van der Waals surface area contributed by atoms with Crippen LogP contribution in [-0.2, 0) is 11.3 Å². The van der Waals surface area contributed by atoms with Crippen molar-refractivity contribution in [3.05, 3.63) is 72.1 Å². The van der Waals surface area contributed by atoms with Crippen molar-refractivity contribution in [1.29, 1.82) is 0 Å². The van der Waals surface area contributed by atoms with E-state index in [1.54, 1.807) is 31.6 Å². The molecule has 1 aromatic heterocycles. The highest BCUT2D eigenvalue weighted by Gasteiger charge is 2.35. The third-order valence-electron chi connectivity index (χ3n) is 6.32. The Labute approximate surface area is 183 Å². The molecular formula is C25H29N3O3. The van der Waals surface area contributed by atoms with Crippen LogP contribution in [0.2, 0.25) is 0 Å². The van der Waals surface area contributed by atoms with Gasteiger partial charge in [-0.25, -0.2) is 0 Å². The van der Waals surface area contributed by atoms with Crippen LogP contribution in [0.4, 0.5) is 0 Å². The molecule has 2 aliphatic heterocycles. The van der Waals surface area contributed by atoms with Gasteiger partial charge < -0.3 is 14.5 Å². The van der Waals surface area contributed by atoms with E-state index in [-0.39, 0.29) is 17.7 Å². The smallest absolute Gasteiger partial charge is 0.255 e. The SMILES string of the molecule is COc1cccc(CN2CC=CCC(C3CCN(C(=O)c4cccnc4)CC3)C2=O)c1. The van der Waals surface area contributed by atoms with Gasteiger partial charge >= 0.3 is 0 Å². The molecule has 1 unspecified atom stereocenters. The van der Waals surface area contributed by atoms with Crippen LogP contribution < -0.4 is 4.74 Å². The van der Waals surface area contributed by atoms with Crippen LogP contribution in [0.5, 0.6) is 5.75 Å². The summed E-state index contributed by atoms with van der Waals surface area (Å²) in [4.78, 5) is 34.0. The number of rotatable bonds is 5. The maximum atomic E-state index is 13.4. The number of carbonyl (C=O) groups is 2. The second-order valence-electron chi connectivity index (χ2n) is 8.26. The highest BCUT2D eigenvalue weighted by atomic mass is 16.5. The Hall–Kier alpha value is -3.15. The fraction of sp³-hybridized carbons (Fsp3) is 0.400. The van der Waals surface area contributed by atoms with Crippen molar-refractivity contribution in [2.24, 2.45) is 11.8 Å². The molecule has 0 saturated carbocycles. The quantitative estimate of drug-likeness (QED) is 0.696. The normalized spacial score (nSPS) is 19.9. The number of pyridine rings is 1. The third kappa shape index (κ3) is 4.95. The molecule has 6 nitrogen and oxygen atoms in total. The fourth-order valence-corrected chi connectivity index (χ4v) is 4.57. The Bertz CT molecular complexity index is 936. The largest absolute Gasteiger partial charge is 0.497 e. The zero-order valence-electron chi connectivity index (χ0n) is 17.9. The van der Waals surface area contributed by atoms with Gasteiger partial charge in [-0.05, 0) is 55.0 Å². The van der Waals surface area contributed by atoms with Gasteiger partial charge in [-0.2, -0.15) is 0 Å². The number of likely N-dealkylation sites (tertiary alicyclic amines) is 1. The molecule has 6 heteroatoms. The van der Waals surface area contributed by atoms with Crippen LogP contribution >= 0.6 is 0 Å². The number of piperidine rings is 1. The Kier molecular flexibility index (Phi) is 6.65. The zero-order chi connectivity index (χ0) is 21.6. The number of amides is 2. The highest BCUT2D eigenvalue weighted by Crippen LogP contribution is 2.31. The average Bonchev–Trinajstić information content (AvgIpc) is 3.01. The summed E-state index contributed by atoms with van der Waals surface area (Å²) < 4.78 is 5.32. The summed E-state index contributed by atoms with van der Waals surface area (Å²) in [6, 6.07) is 11.5. The molecule has 1 atom stereocenters. The molecule has 1 aromatic carbocycles. The molecule has 3 heterocycles. The number of ether oxygens (including phenoxy) is 1. The first kappa shape index (κ1) is 21.1. The van der Waals surface area contributed by atoms with Crippen molar-refractivity contribution in [2.45, 2.75) is 25.8 Å². The van der Waals surface area contributed by atoms with Gasteiger partial charge in [0.25, 0.3) is 5.91 Å². The average molecular weight is 420 g/mol. The lowest BCUT2D eigenvalue weighted by Gasteiger charge is -2.36. The van der Waals surface area contributed by atoms with Gasteiger partial charge in [-0.15, -0.1) is 0 Å². The Morgan fingerprint density at radius 1 is 1.16 bits per heavy atom. The van der Waals surface area contributed by atoms with E-state index in [9.17, 15) is 9.59 Å². The van der Waals surface area contributed by atoms with E-state index in [1.165, 1.54) is 0 Å². The Balaban J connectivity index is 1.39. The topological polar surface area (TPSA) is 62.7 Å². The summed E-state index contributed by atoms with van der Waals surface area (Å²) in [6.45, 7) is 2.57. The number of methoxy groups -OCH3 is 1. The fourth-order valence-electron chi connectivity index (χ4n) is 4.57. The summed E-state index contributed by atoms with van der Waals surface area (Å²) in [5, 5.41) is 0. The monoisotopic (exact) mass is 419 g/mol. The lowest BCUT2D eigenvalue weighted by Crippen LogP contribution is -2.44. The first-order valence-corrected chi connectivity index (χ1v) is 10.9. The minimum Gasteiger partial charge on any atom is -0.497 e. The van der Waals surface area contributed by atoms with E-state index in [4.69, 9.17) is 4.74 Å². The maximum Gasteiger partial charge on any atom is 0.255 e. The van der Waals surface area contributed by atoms with Gasteiger partial charge in [-0.3, -0.25) is 14.6 Å². The number of carbonyl (C=O) groups excluding carboxylic acids is 2. The van der Waals surface area contributed by atoms with Crippen LogP contribution in [0.25, 0.3) is 0 Å². The Morgan fingerprint density at radius 2 is 2.00 bits per heavy atom.